The van der Waals surface area contributed by atoms with Crippen LogP contribution in [-0.4, -0.2) is 28.3 Å². The Morgan fingerprint density at radius 2 is 1.73 bits per heavy atom. The second-order valence-electron chi connectivity index (χ2n) is 7.72. The van der Waals surface area contributed by atoms with Gasteiger partial charge in [0.2, 0.25) is 11.8 Å². The highest BCUT2D eigenvalue weighted by Crippen LogP contribution is 2.41. The predicted molar refractivity (Wildman–Crippen MR) is 119 cm³/mol. The third-order valence-corrected chi connectivity index (χ3v) is 8.04. The van der Waals surface area contributed by atoms with Gasteiger partial charge in [-0.2, -0.15) is 0 Å². The lowest BCUT2D eigenvalue weighted by Gasteiger charge is -2.19. The zero-order chi connectivity index (χ0) is 20.7. The van der Waals surface area contributed by atoms with Crippen LogP contribution in [0.25, 0.3) is 10.2 Å². The molecule has 2 aromatic carbocycles. The van der Waals surface area contributed by atoms with E-state index in [1.807, 2.05) is 42.5 Å². The van der Waals surface area contributed by atoms with Gasteiger partial charge in [0.15, 0.2) is 10.1 Å². The molecular weight excluding hydrogens is 416 g/mol. The molecule has 2 fully saturated rings. The van der Waals surface area contributed by atoms with Crippen molar-refractivity contribution < 1.29 is 14.4 Å². The van der Waals surface area contributed by atoms with E-state index in [2.05, 4.69) is 4.98 Å². The van der Waals surface area contributed by atoms with E-state index in [4.69, 9.17) is 0 Å². The summed E-state index contributed by atoms with van der Waals surface area (Å²) in [6.45, 7) is 0. The van der Waals surface area contributed by atoms with Crippen molar-refractivity contribution in [3.63, 3.8) is 0 Å². The summed E-state index contributed by atoms with van der Waals surface area (Å²) in [7, 11) is 0. The van der Waals surface area contributed by atoms with Gasteiger partial charge in [0, 0.05) is 5.56 Å². The number of imide groups is 1. The molecule has 1 aliphatic heterocycles. The molecule has 0 bridgehead atoms. The first-order chi connectivity index (χ1) is 14.6. The summed E-state index contributed by atoms with van der Waals surface area (Å²) in [6.07, 6.45) is 3.66. The molecule has 0 spiro atoms. The number of hydrogen-bond acceptors (Lipinski definition) is 6. The normalized spacial score (nSPS) is 21.3. The van der Waals surface area contributed by atoms with Crippen molar-refractivity contribution in [1.82, 2.24) is 4.98 Å². The second-order valence-corrected chi connectivity index (χ2v) is 9.97. The number of amides is 2. The Labute approximate surface area is 182 Å². The lowest BCUT2D eigenvalue weighted by Crippen LogP contribution is -2.30. The van der Waals surface area contributed by atoms with E-state index in [-0.39, 0.29) is 29.4 Å². The van der Waals surface area contributed by atoms with Gasteiger partial charge in [-0.25, -0.2) is 4.98 Å². The summed E-state index contributed by atoms with van der Waals surface area (Å²) in [4.78, 5) is 44.0. The number of benzene rings is 2. The van der Waals surface area contributed by atoms with Gasteiger partial charge < -0.3 is 0 Å². The highest BCUT2D eigenvalue weighted by molar-refractivity contribution is 8.01. The van der Waals surface area contributed by atoms with E-state index in [0.717, 1.165) is 40.2 Å². The van der Waals surface area contributed by atoms with Crippen molar-refractivity contribution in [1.29, 1.82) is 0 Å². The molecule has 0 N–H and O–H groups in total. The van der Waals surface area contributed by atoms with Crippen LogP contribution in [-0.2, 0) is 9.59 Å². The lowest BCUT2D eigenvalue weighted by molar-refractivity contribution is -0.122. The number of fused-ring (bicyclic) bond motifs is 2. The molecule has 1 aliphatic carbocycles. The predicted octanol–water partition coefficient (Wildman–Crippen LogP) is 4.95. The first-order valence-electron chi connectivity index (χ1n) is 10.1. The summed E-state index contributed by atoms with van der Waals surface area (Å²) in [5.74, 6) is -0.0370. The Morgan fingerprint density at radius 1 is 1.03 bits per heavy atom. The third kappa shape index (κ3) is 3.46. The Balaban J connectivity index is 1.35. The monoisotopic (exact) mass is 436 g/mol. The highest BCUT2D eigenvalue weighted by atomic mass is 32.2. The zero-order valence-electron chi connectivity index (χ0n) is 16.2. The van der Waals surface area contributed by atoms with Gasteiger partial charge in [-0.15, -0.1) is 11.3 Å². The van der Waals surface area contributed by atoms with Crippen LogP contribution in [0.3, 0.4) is 0 Å². The molecule has 3 aromatic rings. The molecule has 5 rings (SSSR count). The summed E-state index contributed by atoms with van der Waals surface area (Å²) in [6, 6.07) is 14.8. The van der Waals surface area contributed by atoms with Crippen LogP contribution in [0.15, 0.2) is 52.9 Å². The molecular formula is C23H20N2O3S2. The molecule has 5 nitrogen and oxygen atoms in total. The van der Waals surface area contributed by atoms with Crippen molar-refractivity contribution in [2.24, 2.45) is 11.8 Å². The molecule has 2 amide bonds. The van der Waals surface area contributed by atoms with E-state index in [0.29, 0.717) is 17.0 Å². The van der Waals surface area contributed by atoms with Crippen LogP contribution in [0.5, 0.6) is 0 Å². The quantitative estimate of drug-likeness (QED) is 0.322. The molecule has 2 heterocycles. The number of nitrogens with zero attached hydrogens (tertiary/aromatic N) is 2. The fraction of sp³-hybridized carbons (Fsp3) is 0.304. The number of Topliss-reactive ketones (excluding diaryl/α,β-unsaturated/α-hetero) is 1. The highest BCUT2D eigenvalue weighted by Gasteiger charge is 2.48. The number of ketones is 1. The maximum atomic E-state index is 12.9. The molecule has 2 unspecified atom stereocenters. The van der Waals surface area contributed by atoms with E-state index in [1.54, 1.807) is 6.07 Å². The number of hydrogen-bond donors (Lipinski definition) is 0. The van der Waals surface area contributed by atoms with E-state index < -0.39 is 0 Å². The number of rotatable bonds is 5. The Morgan fingerprint density at radius 3 is 2.43 bits per heavy atom. The average molecular weight is 437 g/mol. The fourth-order valence-corrected chi connectivity index (χ4v) is 6.34. The number of carbonyl (C=O) groups excluding carboxylic acids is 3. The summed E-state index contributed by atoms with van der Waals surface area (Å²) in [5.41, 5.74) is 2.14. The molecule has 1 aromatic heterocycles. The second kappa shape index (κ2) is 7.96. The molecule has 152 valence electrons. The van der Waals surface area contributed by atoms with Crippen LogP contribution in [0, 0.1) is 11.8 Å². The zero-order valence-corrected chi connectivity index (χ0v) is 17.9. The van der Waals surface area contributed by atoms with Crippen LogP contribution < -0.4 is 4.90 Å². The Kier molecular flexibility index (Phi) is 5.16. The maximum absolute atomic E-state index is 12.9. The summed E-state index contributed by atoms with van der Waals surface area (Å²) >= 11 is 2.90. The van der Waals surface area contributed by atoms with Crippen LogP contribution >= 0.6 is 23.1 Å². The van der Waals surface area contributed by atoms with Crippen LogP contribution in [0.4, 0.5) is 5.69 Å². The van der Waals surface area contributed by atoms with Gasteiger partial charge in [0.05, 0.1) is 33.5 Å². The topological polar surface area (TPSA) is 67.3 Å². The SMILES string of the molecule is O=C(CSc1nc2ccc(N3C(=O)C4CCCCC4C3=O)cc2s1)c1ccccc1. The van der Waals surface area contributed by atoms with Gasteiger partial charge in [-0.05, 0) is 31.0 Å². The van der Waals surface area contributed by atoms with Crippen molar-refractivity contribution in [3.8, 4) is 0 Å². The number of carbonyl (C=O) groups is 3. The van der Waals surface area contributed by atoms with Crippen LogP contribution in [0.1, 0.15) is 36.0 Å². The minimum absolute atomic E-state index is 0.0587. The Bertz CT molecular complexity index is 1120. The molecule has 1 saturated heterocycles. The number of thioether (sulfide) groups is 1. The van der Waals surface area contributed by atoms with Gasteiger partial charge in [-0.3, -0.25) is 19.3 Å². The number of anilines is 1. The smallest absolute Gasteiger partial charge is 0.237 e. The average Bonchev–Trinajstić information content (AvgIpc) is 3.30. The summed E-state index contributed by atoms with van der Waals surface area (Å²) < 4.78 is 1.72. The molecule has 7 heteroatoms. The van der Waals surface area contributed by atoms with Gasteiger partial charge in [-0.1, -0.05) is 54.9 Å². The first-order valence-corrected chi connectivity index (χ1v) is 11.9. The molecule has 1 saturated carbocycles. The standard InChI is InChI=1S/C23H20N2O3S2/c26-19(14-6-2-1-3-7-14)13-29-23-24-18-11-10-15(12-20(18)30-23)25-21(27)16-8-4-5-9-17(16)22(25)28/h1-3,6-7,10-12,16-17H,4-5,8-9,13H2. The third-order valence-electron chi connectivity index (χ3n) is 5.87. The minimum Gasteiger partial charge on any atom is -0.293 e. The number of aromatic nitrogens is 1. The largest absolute Gasteiger partial charge is 0.293 e. The van der Waals surface area contributed by atoms with Crippen molar-refractivity contribution in [3.05, 3.63) is 54.1 Å². The van der Waals surface area contributed by atoms with E-state index in [9.17, 15) is 14.4 Å². The Hall–Kier alpha value is -2.51. The van der Waals surface area contributed by atoms with Gasteiger partial charge in [0.1, 0.15) is 0 Å². The maximum Gasteiger partial charge on any atom is 0.237 e. The van der Waals surface area contributed by atoms with Crippen LogP contribution in [0.2, 0.25) is 0 Å². The molecule has 2 aliphatic rings. The molecule has 30 heavy (non-hydrogen) atoms. The van der Waals surface area contributed by atoms with Gasteiger partial charge in [0.25, 0.3) is 0 Å². The lowest BCUT2D eigenvalue weighted by atomic mass is 9.81. The minimum atomic E-state index is -0.154. The van der Waals surface area contributed by atoms with E-state index >= 15 is 0 Å². The first kappa shape index (κ1) is 19.5. The molecule has 0 radical (unpaired) electrons. The van der Waals surface area contributed by atoms with Crippen molar-refractivity contribution >= 4 is 56.6 Å². The van der Waals surface area contributed by atoms with Crippen molar-refractivity contribution in [2.45, 2.75) is 30.0 Å². The fourth-order valence-electron chi connectivity index (χ4n) is 4.34. The number of thiazole rings is 1. The van der Waals surface area contributed by atoms with Gasteiger partial charge >= 0.3 is 0 Å². The summed E-state index contributed by atoms with van der Waals surface area (Å²) in [5, 5.41) is 0. The van der Waals surface area contributed by atoms with E-state index in [1.165, 1.54) is 28.0 Å². The molecule has 2 atom stereocenters. The van der Waals surface area contributed by atoms with Crippen molar-refractivity contribution in [2.75, 3.05) is 10.7 Å².